The number of carbonyl (C=O) groups excluding carboxylic acids is 1. The van der Waals surface area contributed by atoms with Gasteiger partial charge in [-0.2, -0.15) is 0 Å². The van der Waals surface area contributed by atoms with Crippen LogP contribution >= 0.6 is 0 Å². The lowest BCUT2D eigenvalue weighted by Crippen LogP contribution is -2.30. The van der Waals surface area contributed by atoms with Crippen molar-refractivity contribution in [1.29, 1.82) is 0 Å². The molecule has 2 aliphatic heterocycles. The van der Waals surface area contributed by atoms with Crippen LogP contribution in [0.4, 0.5) is 11.5 Å². The molecule has 0 spiro atoms. The minimum Gasteiger partial charge on any atom is -0.339 e. The first-order chi connectivity index (χ1) is 20.6. The Morgan fingerprint density at radius 1 is 0.833 bits per heavy atom. The molecule has 4 heterocycles. The Labute approximate surface area is 246 Å². The normalized spacial score (nSPS) is 16.5. The molecular formula is C36H33N5O. The number of benzene rings is 3. The van der Waals surface area contributed by atoms with Gasteiger partial charge in [0.25, 0.3) is 5.91 Å². The molecule has 6 nitrogen and oxygen atoms in total. The Hall–Kier alpha value is -4.71. The molecule has 0 bridgehead atoms. The smallest absolute Gasteiger partial charge is 0.253 e. The van der Waals surface area contributed by atoms with Crippen LogP contribution in [0.5, 0.6) is 0 Å². The third-order valence-corrected chi connectivity index (χ3v) is 9.44. The fraction of sp³-hybridized carbons (Fsp3) is 0.250. The standard InChI is InChI=1S/C36H33N5O/c1-36(19-7-20-36)27-17-15-25(16-18-27)32-31(24-11-13-26(14-12-24)35(42)40-22-4-5-23-40)39-34-28-8-2-3-9-29(28)38-33-30(41(32)34)10-6-21-37-33/h2-3,6,8-18,21H,4-5,7,19-20,22-23H2,1H3,(H,37,38). The maximum absolute atomic E-state index is 13.1. The van der Waals surface area contributed by atoms with E-state index < -0.39 is 0 Å². The van der Waals surface area contributed by atoms with Gasteiger partial charge in [0.05, 0.1) is 22.8 Å². The van der Waals surface area contributed by atoms with Crippen LogP contribution in [0, 0.1) is 0 Å². The summed E-state index contributed by atoms with van der Waals surface area (Å²) >= 11 is 0. The molecule has 3 aromatic carbocycles. The molecule has 1 saturated heterocycles. The molecule has 0 atom stereocenters. The number of hydrogen-bond acceptors (Lipinski definition) is 4. The minimum atomic E-state index is 0.111. The summed E-state index contributed by atoms with van der Waals surface area (Å²) in [6.07, 6.45) is 7.76. The number of nitrogens with one attached hydrogen (secondary N) is 1. The van der Waals surface area contributed by atoms with Crippen LogP contribution in [0.3, 0.4) is 0 Å². The van der Waals surface area contributed by atoms with Crippen molar-refractivity contribution >= 4 is 17.4 Å². The first kappa shape index (κ1) is 25.0. The number of likely N-dealkylation sites (tertiary alicyclic amines) is 1. The van der Waals surface area contributed by atoms with Gasteiger partial charge in [0, 0.05) is 41.5 Å². The molecule has 0 radical (unpaired) electrons. The van der Waals surface area contributed by atoms with Crippen molar-refractivity contribution in [2.24, 2.45) is 0 Å². The molecule has 0 unspecified atom stereocenters. The van der Waals surface area contributed by atoms with Gasteiger partial charge in [-0.25, -0.2) is 9.97 Å². The fourth-order valence-corrected chi connectivity index (χ4v) is 6.79. The molecule has 1 aliphatic carbocycles. The van der Waals surface area contributed by atoms with Crippen LogP contribution in [0.15, 0.2) is 91.1 Å². The van der Waals surface area contributed by atoms with E-state index in [4.69, 9.17) is 9.97 Å². The minimum absolute atomic E-state index is 0.111. The van der Waals surface area contributed by atoms with Crippen molar-refractivity contribution in [3.8, 4) is 39.6 Å². The fourth-order valence-electron chi connectivity index (χ4n) is 6.79. The van der Waals surface area contributed by atoms with Gasteiger partial charge in [0.15, 0.2) is 5.82 Å². The lowest BCUT2D eigenvalue weighted by Gasteiger charge is -2.39. The predicted octanol–water partition coefficient (Wildman–Crippen LogP) is 8.00. The second-order valence-electron chi connectivity index (χ2n) is 12.1. The van der Waals surface area contributed by atoms with E-state index in [-0.39, 0.29) is 11.3 Å². The maximum Gasteiger partial charge on any atom is 0.253 e. The average Bonchev–Trinajstić information content (AvgIpc) is 3.67. The zero-order valence-electron chi connectivity index (χ0n) is 23.8. The van der Waals surface area contributed by atoms with E-state index in [2.05, 4.69) is 65.3 Å². The van der Waals surface area contributed by atoms with E-state index in [1.165, 1.54) is 24.8 Å². The molecule has 3 aliphatic rings. The van der Waals surface area contributed by atoms with Gasteiger partial charge in [0.1, 0.15) is 5.82 Å². The summed E-state index contributed by atoms with van der Waals surface area (Å²) in [5.41, 5.74) is 9.32. The number of aromatic nitrogens is 3. The van der Waals surface area contributed by atoms with Crippen LogP contribution in [-0.2, 0) is 5.41 Å². The summed E-state index contributed by atoms with van der Waals surface area (Å²) in [5, 5.41) is 3.55. The van der Waals surface area contributed by atoms with Gasteiger partial charge in [-0.15, -0.1) is 0 Å². The zero-order chi connectivity index (χ0) is 28.3. The van der Waals surface area contributed by atoms with Crippen molar-refractivity contribution in [2.45, 2.75) is 44.4 Å². The molecular weight excluding hydrogens is 518 g/mol. The molecule has 42 heavy (non-hydrogen) atoms. The summed E-state index contributed by atoms with van der Waals surface area (Å²) < 4.78 is 2.25. The Kier molecular flexibility index (Phi) is 5.78. The van der Waals surface area contributed by atoms with Crippen molar-refractivity contribution in [3.63, 3.8) is 0 Å². The van der Waals surface area contributed by atoms with E-state index in [1.807, 2.05) is 47.5 Å². The monoisotopic (exact) mass is 551 g/mol. The molecule has 1 amide bonds. The van der Waals surface area contributed by atoms with Crippen LogP contribution in [0.25, 0.3) is 39.6 Å². The largest absolute Gasteiger partial charge is 0.339 e. The topological polar surface area (TPSA) is 63.1 Å². The lowest BCUT2D eigenvalue weighted by molar-refractivity contribution is 0.0793. The van der Waals surface area contributed by atoms with E-state index in [1.54, 1.807) is 0 Å². The molecule has 2 fully saturated rings. The maximum atomic E-state index is 13.1. The molecule has 6 heteroatoms. The number of nitrogens with zero attached hydrogens (tertiary/aromatic N) is 4. The summed E-state index contributed by atoms with van der Waals surface area (Å²) in [5.74, 6) is 1.76. The quantitative estimate of drug-likeness (QED) is 0.241. The third-order valence-electron chi connectivity index (χ3n) is 9.44. The Balaban J connectivity index is 1.33. The summed E-state index contributed by atoms with van der Waals surface area (Å²) in [4.78, 5) is 25.1. The molecule has 1 N–H and O–H groups in total. The third kappa shape index (κ3) is 3.97. The van der Waals surface area contributed by atoms with E-state index in [9.17, 15) is 4.79 Å². The van der Waals surface area contributed by atoms with Crippen molar-refractivity contribution in [1.82, 2.24) is 19.4 Å². The van der Waals surface area contributed by atoms with E-state index in [0.717, 1.165) is 82.6 Å². The van der Waals surface area contributed by atoms with Crippen LogP contribution < -0.4 is 5.32 Å². The Morgan fingerprint density at radius 3 is 2.31 bits per heavy atom. The van der Waals surface area contributed by atoms with Gasteiger partial charge >= 0.3 is 0 Å². The SMILES string of the molecule is CC1(c2ccc(-c3c(-c4ccc(C(=O)N5CCCC5)cc4)nc4n3-c3cccnc3Nc3ccccc3-4)cc2)CCC1. The molecule has 1 saturated carbocycles. The number of para-hydroxylation sites is 1. The second kappa shape index (κ2) is 9.69. The number of rotatable bonds is 4. The molecule has 5 aromatic rings. The highest BCUT2D eigenvalue weighted by molar-refractivity contribution is 5.96. The van der Waals surface area contributed by atoms with Crippen molar-refractivity contribution in [2.75, 3.05) is 18.4 Å². The number of carbonyl (C=O) groups is 1. The van der Waals surface area contributed by atoms with E-state index in [0.29, 0.717) is 0 Å². The highest BCUT2D eigenvalue weighted by atomic mass is 16.2. The van der Waals surface area contributed by atoms with Gasteiger partial charge in [-0.05, 0) is 73.1 Å². The predicted molar refractivity (Wildman–Crippen MR) is 167 cm³/mol. The van der Waals surface area contributed by atoms with Crippen LogP contribution in [0.1, 0.15) is 54.9 Å². The number of amides is 1. The van der Waals surface area contributed by atoms with Crippen molar-refractivity contribution in [3.05, 3.63) is 102 Å². The molecule has 8 rings (SSSR count). The van der Waals surface area contributed by atoms with Crippen LogP contribution in [0.2, 0.25) is 0 Å². The zero-order valence-corrected chi connectivity index (χ0v) is 23.8. The average molecular weight is 552 g/mol. The highest BCUT2D eigenvalue weighted by Gasteiger charge is 2.34. The molecule has 208 valence electrons. The van der Waals surface area contributed by atoms with Gasteiger partial charge in [-0.3, -0.25) is 9.36 Å². The van der Waals surface area contributed by atoms with Gasteiger partial charge < -0.3 is 10.2 Å². The molecule has 2 aromatic heterocycles. The highest BCUT2D eigenvalue weighted by Crippen LogP contribution is 2.46. The number of anilines is 2. The summed E-state index contributed by atoms with van der Waals surface area (Å²) in [6.45, 7) is 4.06. The number of pyridine rings is 1. The first-order valence-corrected chi connectivity index (χ1v) is 15.0. The second-order valence-corrected chi connectivity index (χ2v) is 12.1. The lowest BCUT2D eigenvalue weighted by atomic mass is 9.66. The van der Waals surface area contributed by atoms with E-state index >= 15 is 0 Å². The summed E-state index contributed by atoms with van der Waals surface area (Å²) in [6, 6.07) is 29.4. The van der Waals surface area contributed by atoms with Crippen molar-refractivity contribution < 1.29 is 4.79 Å². The number of imidazole rings is 1. The number of hydrogen-bond donors (Lipinski definition) is 1. The van der Waals surface area contributed by atoms with Gasteiger partial charge in [0.2, 0.25) is 0 Å². The number of fused-ring (bicyclic) bond motifs is 5. The Bertz CT molecular complexity index is 1810. The van der Waals surface area contributed by atoms with Gasteiger partial charge in [-0.1, -0.05) is 61.9 Å². The summed E-state index contributed by atoms with van der Waals surface area (Å²) in [7, 11) is 0. The Morgan fingerprint density at radius 2 is 1.57 bits per heavy atom. The first-order valence-electron chi connectivity index (χ1n) is 15.0. The van der Waals surface area contributed by atoms with Crippen LogP contribution in [-0.4, -0.2) is 38.4 Å².